The largest absolute Gasteiger partial charge is 0.459 e. The van der Waals surface area contributed by atoms with E-state index in [9.17, 15) is 0 Å². The predicted molar refractivity (Wildman–Crippen MR) is 70.8 cm³/mol. The molecule has 0 aromatic heterocycles. The fourth-order valence-corrected chi connectivity index (χ4v) is 1.30. The highest BCUT2D eigenvalue weighted by Crippen LogP contribution is 2.15. The summed E-state index contributed by atoms with van der Waals surface area (Å²) in [5.41, 5.74) is 2.12. The number of rotatable bonds is 5. The molecule has 0 atom stereocenters. The van der Waals surface area contributed by atoms with E-state index in [2.05, 4.69) is 4.99 Å². The van der Waals surface area contributed by atoms with Crippen LogP contribution < -0.4 is 4.74 Å². The molecule has 0 radical (unpaired) electrons. The van der Waals surface area contributed by atoms with Crippen molar-refractivity contribution in [1.82, 2.24) is 0 Å². The lowest BCUT2D eigenvalue weighted by Crippen LogP contribution is -2.05. The quantitative estimate of drug-likeness (QED) is 0.578. The van der Waals surface area contributed by atoms with Crippen LogP contribution >= 0.6 is 0 Å². The minimum atomic E-state index is 0.431. The maximum Gasteiger partial charge on any atom is 0.132 e. The topological polar surface area (TPSA) is 30.8 Å². The van der Waals surface area contributed by atoms with E-state index in [0.29, 0.717) is 6.61 Å². The van der Waals surface area contributed by atoms with Crippen LogP contribution in [0.25, 0.3) is 0 Å². The maximum atomic E-state index is 5.74. The van der Waals surface area contributed by atoms with E-state index < -0.39 is 0 Å². The lowest BCUT2D eigenvalue weighted by Gasteiger charge is -2.09. The van der Waals surface area contributed by atoms with Crippen molar-refractivity contribution in [2.75, 3.05) is 20.8 Å². The zero-order chi connectivity index (χ0) is 12.7. The number of methoxy groups -OCH3 is 1. The summed E-state index contributed by atoms with van der Waals surface area (Å²) in [5, 5.41) is 0. The summed E-state index contributed by atoms with van der Waals surface area (Å²) < 4.78 is 10.8. The summed E-state index contributed by atoms with van der Waals surface area (Å²) in [6.45, 7) is 4.40. The summed E-state index contributed by atoms with van der Waals surface area (Å²) in [5.74, 6) is 1.56. The van der Waals surface area contributed by atoms with Crippen LogP contribution in [0.5, 0.6) is 5.75 Å². The number of aliphatic imine (C=N–C) groups is 1. The number of ether oxygens (including phenoxy) is 2. The van der Waals surface area contributed by atoms with E-state index in [1.165, 1.54) is 5.56 Å². The van der Waals surface area contributed by atoms with Gasteiger partial charge in [-0.1, -0.05) is 17.7 Å². The normalized spacial score (nSPS) is 12.7. The van der Waals surface area contributed by atoms with Crippen LogP contribution in [-0.2, 0) is 4.74 Å². The van der Waals surface area contributed by atoms with Gasteiger partial charge in [-0.15, -0.1) is 0 Å². The number of aryl methyl sites for hydroxylation is 1. The first kappa shape index (κ1) is 13.5. The molecule has 0 spiro atoms. The summed E-state index contributed by atoms with van der Waals surface area (Å²) in [6, 6.07) is 7.91. The monoisotopic (exact) mass is 233 g/mol. The fourth-order valence-electron chi connectivity index (χ4n) is 1.30. The standard InChI is InChI=1S/C14H19NO2/c1-11-5-7-13(8-6-11)17-14(10-16-4)9-12(2)15-3/h5-9H,10H2,1-4H3/b14-9-,15-12?. The maximum absolute atomic E-state index is 5.74. The molecule has 0 aliphatic carbocycles. The van der Waals surface area contributed by atoms with E-state index >= 15 is 0 Å². The van der Waals surface area contributed by atoms with Crippen LogP contribution in [0.1, 0.15) is 12.5 Å². The number of nitrogens with zero attached hydrogens (tertiary/aromatic N) is 1. The van der Waals surface area contributed by atoms with Crippen molar-refractivity contribution in [3.8, 4) is 5.75 Å². The third kappa shape index (κ3) is 4.83. The van der Waals surface area contributed by atoms with Crippen molar-refractivity contribution in [1.29, 1.82) is 0 Å². The Hall–Kier alpha value is -1.61. The van der Waals surface area contributed by atoms with Gasteiger partial charge in [-0.05, 0) is 32.1 Å². The summed E-state index contributed by atoms with van der Waals surface area (Å²) in [4.78, 5) is 4.07. The molecule has 3 heteroatoms. The van der Waals surface area contributed by atoms with Crippen LogP contribution in [0, 0.1) is 6.92 Å². The molecule has 0 saturated heterocycles. The molecule has 0 saturated carbocycles. The molecule has 0 bridgehead atoms. The van der Waals surface area contributed by atoms with E-state index in [1.807, 2.05) is 44.2 Å². The Labute approximate surface area is 103 Å². The van der Waals surface area contributed by atoms with Gasteiger partial charge in [-0.2, -0.15) is 0 Å². The second-order valence-electron chi connectivity index (χ2n) is 3.82. The molecule has 92 valence electrons. The summed E-state index contributed by atoms with van der Waals surface area (Å²) in [7, 11) is 3.40. The van der Waals surface area contributed by atoms with Crippen molar-refractivity contribution >= 4 is 5.71 Å². The van der Waals surface area contributed by atoms with Gasteiger partial charge in [-0.25, -0.2) is 0 Å². The Balaban J connectivity index is 2.80. The number of allylic oxidation sites excluding steroid dienone is 1. The fraction of sp³-hybridized carbons (Fsp3) is 0.357. The molecule has 0 N–H and O–H groups in total. The first-order valence-electron chi connectivity index (χ1n) is 5.53. The highest BCUT2D eigenvalue weighted by molar-refractivity contribution is 5.93. The Morgan fingerprint density at radius 2 is 1.94 bits per heavy atom. The van der Waals surface area contributed by atoms with Crippen molar-refractivity contribution in [2.45, 2.75) is 13.8 Å². The zero-order valence-corrected chi connectivity index (χ0v) is 10.9. The molecular formula is C14H19NO2. The first-order valence-corrected chi connectivity index (χ1v) is 5.53. The lowest BCUT2D eigenvalue weighted by atomic mass is 10.2. The average molecular weight is 233 g/mol. The molecular weight excluding hydrogens is 214 g/mol. The number of hydrogen-bond donors (Lipinski definition) is 0. The molecule has 0 heterocycles. The second-order valence-corrected chi connectivity index (χ2v) is 3.82. The van der Waals surface area contributed by atoms with Crippen molar-refractivity contribution in [3.63, 3.8) is 0 Å². The van der Waals surface area contributed by atoms with Crippen molar-refractivity contribution in [2.24, 2.45) is 4.99 Å². The SMILES string of the molecule is CN=C(C)/C=C(/COC)Oc1ccc(C)cc1. The van der Waals surface area contributed by atoms with Gasteiger partial charge in [0.05, 0.1) is 0 Å². The van der Waals surface area contributed by atoms with E-state index in [4.69, 9.17) is 9.47 Å². The molecule has 0 aliphatic heterocycles. The molecule has 0 amide bonds. The predicted octanol–water partition coefficient (Wildman–Crippen LogP) is 2.99. The van der Waals surface area contributed by atoms with Crippen LogP contribution in [0.2, 0.25) is 0 Å². The zero-order valence-electron chi connectivity index (χ0n) is 10.9. The number of hydrogen-bond acceptors (Lipinski definition) is 3. The Kier molecular flexibility index (Phi) is 5.43. The van der Waals surface area contributed by atoms with E-state index in [0.717, 1.165) is 17.2 Å². The van der Waals surface area contributed by atoms with Gasteiger partial charge in [0.2, 0.25) is 0 Å². The minimum absolute atomic E-state index is 0.431. The average Bonchev–Trinajstić information content (AvgIpc) is 2.32. The lowest BCUT2D eigenvalue weighted by molar-refractivity contribution is 0.189. The van der Waals surface area contributed by atoms with Gasteiger partial charge in [0.15, 0.2) is 0 Å². The Morgan fingerprint density at radius 3 is 2.47 bits per heavy atom. The first-order chi connectivity index (χ1) is 8.15. The molecule has 3 nitrogen and oxygen atoms in total. The summed E-state index contributed by atoms with van der Waals surface area (Å²) >= 11 is 0. The van der Waals surface area contributed by atoms with Gasteiger partial charge in [0.1, 0.15) is 18.1 Å². The smallest absolute Gasteiger partial charge is 0.132 e. The molecule has 1 aromatic carbocycles. The number of benzene rings is 1. The molecule has 0 aliphatic rings. The molecule has 0 fully saturated rings. The van der Waals surface area contributed by atoms with Gasteiger partial charge >= 0.3 is 0 Å². The minimum Gasteiger partial charge on any atom is -0.459 e. The van der Waals surface area contributed by atoms with Gasteiger partial charge in [-0.3, -0.25) is 4.99 Å². The third-order valence-corrected chi connectivity index (χ3v) is 2.28. The molecule has 1 aromatic rings. The highest BCUT2D eigenvalue weighted by Gasteiger charge is 2.01. The van der Waals surface area contributed by atoms with Gasteiger partial charge in [0.25, 0.3) is 0 Å². The van der Waals surface area contributed by atoms with Crippen molar-refractivity contribution in [3.05, 3.63) is 41.7 Å². The third-order valence-electron chi connectivity index (χ3n) is 2.28. The molecule has 1 rings (SSSR count). The van der Waals surface area contributed by atoms with Crippen molar-refractivity contribution < 1.29 is 9.47 Å². The molecule has 17 heavy (non-hydrogen) atoms. The van der Waals surface area contributed by atoms with E-state index in [1.54, 1.807) is 14.2 Å². The van der Waals surface area contributed by atoms with Crippen LogP contribution in [0.15, 0.2) is 41.1 Å². The second kappa shape index (κ2) is 6.86. The summed E-state index contributed by atoms with van der Waals surface area (Å²) in [6.07, 6.45) is 1.88. The Bertz CT molecular complexity index is 405. The van der Waals surface area contributed by atoms with E-state index in [-0.39, 0.29) is 0 Å². The Morgan fingerprint density at radius 1 is 1.29 bits per heavy atom. The highest BCUT2D eigenvalue weighted by atomic mass is 16.5. The van der Waals surface area contributed by atoms with Crippen LogP contribution in [0.3, 0.4) is 0 Å². The van der Waals surface area contributed by atoms with Gasteiger partial charge < -0.3 is 9.47 Å². The molecule has 0 unspecified atom stereocenters. The van der Waals surface area contributed by atoms with Crippen LogP contribution in [0.4, 0.5) is 0 Å². The van der Waals surface area contributed by atoms with Crippen LogP contribution in [-0.4, -0.2) is 26.5 Å². The van der Waals surface area contributed by atoms with Gasteiger partial charge in [0, 0.05) is 19.9 Å².